The van der Waals surface area contributed by atoms with Gasteiger partial charge in [-0.25, -0.2) is 4.68 Å². The lowest BCUT2D eigenvalue weighted by molar-refractivity contribution is 0.0995. The Hall–Kier alpha value is -2.96. The van der Waals surface area contributed by atoms with Gasteiger partial charge in [0.1, 0.15) is 12.0 Å². The predicted octanol–water partition coefficient (Wildman–Crippen LogP) is 0.532. The normalized spacial score (nSPS) is 10.8. The summed E-state index contributed by atoms with van der Waals surface area (Å²) in [6, 6.07) is 8.33. The fraction of sp³-hybridized carbons (Fsp3) is 0.0769. The van der Waals surface area contributed by atoms with Crippen LogP contribution in [0.3, 0.4) is 0 Å². The summed E-state index contributed by atoms with van der Waals surface area (Å²) in [7, 11) is 0. The number of amides is 1. The number of primary amides is 1. The lowest BCUT2D eigenvalue weighted by Crippen LogP contribution is -2.28. The molecule has 1 amide bonds. The Bertz CT molecular complexity index is 836. The number of fused-ring (bicyclic) bond motifs is 1. The van der Waals surface area contributed by atoms with Gasteiger partial charge in [0.05, 0.1) is 11.9 Å². The molecule has 0 atom stereocenters. The van der Waals surface area contributed by atoms with E-state index in [2.05, 4.69) is 10.3 Å². The minimum Gasteiger partial charge on any atom is -0.364 e. The molecule has 0 fully saturated rings. The number of nitrogens with zero attached hydrogens (tertiary/aromatic N) is 3. The minimum absolute atomic E-state index is 0.0590. The van der Waals surface area contributed by atoms with Gasteiger partial charge in [0, 0.05) is 11.5 Å². The Kier molecular flexibility index (Phi) is 2.79. The summed E-state index contributed by atoms with van der Waals surface area (Å²) in [5, 5.41) is 8.57. The van der Waals surface area contributed by atoms with Crippen LogP contribution in [0.5, 0.6) is 0 Å². The van der Waals surface area contributed by atoms with Crippen molar-refractivity contribution in [1.29, 1.82) is 0 Å². The number of rotatable bonds is 3. The SMILES string of the molecule is NC(=O)c1nn(Cc2ccon2)c(=O)c2ccccc12. The van der Waals surface area contributed by atoms with Gasteiger partial charge in [0.15, 0.2) is 5.69 Å². The zero-order valence-corrected chi connectivity index (χ0v) is 10.3. The largest absolute Gasteiger partial charge is 0.364 e. The third kappa shape index (κ3) is 1.95. The van der Waals surface area contributed by atoms with Gasteiger partial charge >= 0.3 is 0 Å². The van der Waals surface area contributed by atoms with Crippen LogP contribution in [-0.2, 0) is 6.54 Å². The molecule has 0 saturated carbocycles. The van der Waals surface area contributed by atoms with Crippen LogP contribution in [0.2, 0.25) is 0 Å². The molecule has 0 aliphatic carbocycles. The molecule has 1 aromatic carbocycles. The molecule has 0 radical (unpaired) electrons. The maximum absolute atomic E-state index is 12.3. The van der Waals surface area contributed by atoms with Crippen molar-refractivity contribution in [3.63, 3.8) is 0 Å². The van der Waals surface area contributed by atoms with Crippen molar-refractivity contribution in [3.8, 4) is 0 Å². The molecule has 3 rings (SSSR count). The third-order valence-corrected chi connectivity index (χ3v) is 2.90. The molecular weight excluding hydrogens is 260 g/mol. The van der Waals surface area contributed by atoms with E-state index in [-0.39, 0.29) is 17.8 Å². The Morgan fingerprint density at radius 3 is 2.65 bits per heavy atom. The van der Waals surface area contributed by atoms with Crippen molar-refractivity contribution in [3.05, 3.63) is 58.3 Å². The molecular formula is C13H10N4O3. The summed E-state index contributed by atoms with van der Waals surface area (Å²) in [5.41, 5.74) is 5.60. The van der Waals surface area contributed by atoms with Gasteiger partial charge in [0.2, 0.25) is 0 Å². The number of benzene rings is 1. The van der Waals surface area contributed by atoms with Crippen LogP contribution in [0.15, 0.2) is 45.9 Å². The van der Waals surface area contributed by atoms with Crippen LogP contribution >= 0.6 is 0 Å². The molecule has 2 aromatic heterocycles. The molecule has 0 saturated heterocycles. The average Bonchev–Trinajstić information content (AvgIpc) is 2.94. The van der Waals surface area contributed by atoms with Gasteiger partial charge in [-0.05, 0) is 6.07 Å². The number of carbonyl (C=O) groups is 1. The number of aromatic nitrogens is 3. The van der Waals surface area contributed by atoms with E-state index in [1.807, 2.05) is 0 Å². The molecule has 0 aliphatic heterocycles. The summed E-state index contributed by atoms with van der Waals surface area (Å²) < 4.78 is 5.86. The van der Waals surface area contributed by atoms with E-state index >= 15 is 0 Å². The van der Waals surface area contributed by atoms with Gasteiger partial charge in [-0.2, -0.15) is 5.10 Å². The molecule has 7 nitrogen and oxygen atoms in total. The second-order valence-corrected chi connectivity index (χ2v) is 4.21. The van der Waals surface area contributed by atoms with Gasteiger partial charge < -0.3 is 10.3 Å². The van der Waals surface area contributed by atoms with Gasteiger partial charge in [0.25, 0.3) is 11.5 Å². The number of hydrogen-bond donors (Lipinski definition) is 1. The van der Waals surface area contributed by atoms with Crippen molar-refractivity contribution >= 4 is 16.7 Å². The first kappa shape index (κ1) is 12.1. The zero-order chi connectivity index (χ0) is 14.1. The molecule has 0 aliphatic rings. The van der Waals surface area contributed by atoms with Crippen molar-refractivity contribution in [2.75, 3.05) is 0 Å². The first-order valence-corrected chi connectivity index (χ1v) is 5.86. The average molecular weight is 270 g/mol. The summed E-state index contributed by atoms with van der Waals surface area (Å²) in [4.78, 5) is 23.8. The van der Waals surface area contributed by atoms with Crippen LogP contribution in [0, 0.1) is 0 Å². The number of carbonyl (C=O) groups excluding carboxylic acids is 1. The number of hydrogen-bond acceptors (Lipinski definition) is 5. The quantitative estimate of drug-likeness (QED) is 0.747. The van der Waals surface area contributed by atoms with Crippen molar-refractivity contribution in [1.82, 2.24) is 14.9 Å². The molecule has 0 spiro atoms. The molecule has 100 valence electrons. The topological polar surface area (TPSA) is 104 Å². The maximum Gasteiger partial charge on any atom is 0.275 e. The standard InChI is InChI=1S/C13H10N4O3/c14-12(18)11-9-3-1-2-4-10(9)13(19)17(15-11)7-8-5-6-20-16-8/h1-6H,7H2,(H2,14,18). The predicted molar refractivity (Wildman–Crippen MR) is 70.1 cm³/mol. The molecule has 2 N–H and O–H groups in total. The minimum atomic E-state index is -0.685. The highest BCUT2D eigenvalue weighted by molar-refractivity contribution is 6.03. The molecule has 2 heterocycles. The van der Waals surface area contributed by atoms with E-state index in [4.69, 9.17) is 10.3 Å². The summed E-state index contributed by atoms with van der Waals surface area (Å²) >= 11 is 0. The fourth-order valence-corrected chi connectivity index (χ4v) is 2.00. The second kappa shape index (κ2) is 4.61. The molecule has 3 aromatic rings. The fourth-order valence-electron chi connectivity index (χ4n) is 2.00. The van der Waals surface area contributed by atoms with E-state index in [1.54, 1.807) is 30.3 Å². The van der Waals surface area contributed by atoms with Gasteiger partial charge in [-0.15, -0.1) is 0 Å². The maximum atomic E-state index is 12.3. The van der Waals surface area contributed by atoms with Gasteiger partial charge in [-0.1, -0.05) is 23.4 Å². The Morgan fingerprint density at radius 2 is 2.00 bits per heavy atom. The van der Waals surface area contributed by atoms with Crippen molar-refractivity contribution < 1.29 is 9.32 Å². The van der Waals surface area contributed by atoms with Crippen LogP contribution in [0.1, 0.15) is 16.2 Å². The second-order valence-electron chi connectivity index (χ2n) is 4.21. The third-order valence-electron chi connectivity index (χ3n) is 2.90. The molecule has 0 bridgehead atoms. The summed E-state index contributed by atoms with van der Waals surface area (Å²) in [5.74, 6) is -0.685. The summed E-state index contributed by atoms with van der Waals surface area (Å²) in [6.07, 6.45) is 1.40. The lowest BCUT2D eigenvalue weighted by Gasteiger charge is -2.07. The van der Waals surface area contributed by atoms with Crippen molar-refractivity contribution in [2.24, 2.45) is 5.73 Å². The van der Waals surface area contributed by atoms with Crippen molar-refractivity contribution in [2.45, 2.75) is 6.54 Å². The number of nitrogens with two attached hydrogens (primary N) is 1. The molecule has 0 unspecified atom stereocenters. The molecule has 7 heteroatoms. The van der Waals surface area contributed by atoms with Crippen LogP contribution < -0.4 is 11.3 Å². The van der Waals surface area contributed by atoms with E-state index in [1.165, 1.54) is 6.26 Å². The highest BCUT2D eigenvalue weighted by Gasteiger charge is 2.14. The van der Waals surface area contributed by atoms with E-state index in [9.17, 15) is 9.59 Å². The zero-order valence-electron chi connectivity index (χ0n) is 10.3. The highest BCUT2D eigenvalue weighted by Crippen LogP contribution is 2.12. The van der Waals surface area contributed by atoms with Crippen LogP contribution in [-0.4, -0.2) is 20.8 Å². The Morgan fingerprint density at radius 1 is 1.25 bits per heavy atom. The lowest BCUT2D eigenvalue weighted by atomic mass is 10.1. The summed E-state index contributed by atoms with van der Waals surface area (Å²) in [6.45, 7) is 0.112. The molecule has 20 heavy (non-hydrogen) atoms. The van der Waals surface area contributed by atoms with E-state index in [0.717, 1.165) is 4.68 Å². The smallest absolute Gasteiger partial charge is 0.275 e. The van der Waals surface area contributed by atoms with Gasteiger partial charge in [-0.3, -0.25) is 9.59 Å². The van der Waals surface area contributed by atoms with Crippen LogP contribution in [0.25, 0.3) is 10.8 Å². The Balaban J connectivity index is 2.25. The first-order chi connectivity index (χ1) is 9.66. The first-order valence-electron chi connectivity index (χ1n) is 5.86. The van der Waals surface area contributed by atoms with E-state index in [0.29, 0.717) is 16.5 Å². The monoisotopic (exact) mass is 270 g/mol. The Labute approximate surface area is 112 Å². The van der Waals surface area contributed by atoms with Crippen LogP contribution in [0.4, 0.5) is 0 Å². The highest BCUT2D eigenvalue weighted by atomic mass is 16.5. The van der Waals surface area contributed by atoms with E-state index < -0.39 is 5.91 Å².